The van der Waals surface area contributed by atoms with Crippen molar-refractivity contribution in [2.24, 2.45) is 7.05 Å². The van der Waals surface area contributed by atoms with E-state index in [1.807, 2.05) is 25.4 Å². The molecule has 0 bridgehead atoms. The number of aryl methyl sites for hydroxylation is 1. The standard InChI is InChI=1S/C26H28N4O4/c1-29-11-4-7-21(29)22(30-12-10-19-5-2-3-6-20(19)16-30)15-28-26(32)25(31)27-14-18-8-9-23-24(13-18)34-17-33-23/h2-9,11,13,22H,10,12,14-17H2,1H3,(H,27,31)(H,28,32). The number of nitrogens with zero attached hydrogens (tertiary/aromatic N) is 2. The molecule has 0 fully saturated rings. The molecule has 0 saturated carbocycles. The molecule has 2 aliphatic heterocycles. The minimum Gasteiger partial charge on any atom is -0.454 e. The third-order valence-electron chi connectivity index (χ3n) is 6.48. The molecule has 0 aliphatic carbocycles. The number of ether oxygens (including phenoxy) is 2. The van der Waals surface area contributed by atoms with E-state index in [4.69, 9.17) is 9.47 Å². The van der Waals surface area contributed by atoms with E-state index in [0.717, 1.165) is 30.8 Å². The lowest BCUT2D eigenvalue weighted by molar-refractivity contribution is -0.139. The highest BCUT2D eigenvalue weighted by Gasteiger charge is 2.27. The maximum Gasteiger partial charge on any atom is 0.309 e. The van der Waals surface area contributed by atoms with Crippen LogP contribution in [0.4, 0.5) is 0 Å². The minimum atomic E-state index is -0.660. The summed E-state index contributed by atoms with van der Waals surface area (Å²) in [4.78, 5) is 27.4. The van der Waals surface area contributed by atoms with Crippen LogP contribution in [0.25, 0.3) is 0 Å². The van der Waals surface area contributed by atoms with Crippen LogP contribution in [0.2, 0.25) is 0 Å². The Morgan fingerprint density at radius 3 is 2.59 bits per heavy atom. The molecule has 0 radical (unpaired) electrons. The monoisotopic (exact) mass is 460 g/mol. The summed E-state index contributed by atoms with van der Waals surface area (Å²) in [5, 5.41) is 5.53. The zero-order chi connectivity index (χ0) is 23.5. The Labute approximate surface area is 198 Å². The number of benzene rings is 2. The van der Waals surface area contributed by atoms with Gasteiger partial charge in [0.25, 0.3) is 0 Å². The van der Waals surface area contributed by atoms with Gasteiger partial charge in [-0.2, -0.15) is 0 Å². The van der Waals surface area contributed by atoms with Gasteiger partial charge in [0.15, 0.2) is 11.5 Å². The topological polar surface area (TPSA) is 84.8 Å². The summed E-state index contributed by atoms with van der Waals surface area (Å²) in [6.45, 7) is 2.46. The molecule has 1 aromatic heterocycles. The lowest BCUT2D eigenvalue weighted by Crippen LogP contribution is -2.45. The molecular formula is C26H28N4O4. The predicted molar refractivity (Wildman–Crippen MR) is 126 cm³/mol. The van der Waals surface area contributed by atoms with Gasteiger partial charge >= 0.3 is 11.8 Å². The second kappa shape index (κ2) is 9.61. The molecule has 1 unspecified atom stereocenters. The number of hydrogen-bond donors (Lipinski definition) is 2. The molecular weight excluding hydrogens is 432 g/mol. The first-order valence-corrected chi connectivity index (χ1v) is 11.4. The Morgan fingerprint density at radius 1 is 0.971 bits per heavy atom. The van der Waals surface area contributed by atoms with Crippen molar-refractivity contribution in [1.82, 2.24) is 20.1 Å². The summed E-state index contributed by atoms with van der Waals surface area (Å²) >= 11 is 0. The van der Waals surface area contributed by atoms with Crippen molar-refractivity contribution in [2.75, 3.05) is 19.9 Å². The molecule has 1 atom stereocenters. The molecule has 2 amide bonds. The van der Waals surface area contributed by atoms with Crippen LogP contribution < -0.4 is 20.1 Å². The fourth-order valence-electron chi connectivity index (χ4n) is 4.61. The van der Waals surface area contributed by atoms with Crippen molar-refractivity contribution < 1.29 is 19.1 Å². The van der Waals surface area contributed by atoms with Crippen LogP contribution in [0.5, 0.6) is 11.5 Å². The van der Waals surface area contributed by atoms with Crippen molar-refractivity contribution in [3.63, 3.8) is 0 Å². The molecule has 0 spiro atoms. The zero-order valence-electron chi connectivity index (χ0n) is 19.1. The van der Waals surface area contributed by atoms with Gasteiger partial charge in [-0.05, 0) is 47.4 Å². The van der Waals surface area contributed by atoms with Crippen LogP contribution >= 0.6 is 0 Å². The molecule has 5 rings (SSSR count). The smallest absolute Gasteiger partial charge is 0.309 e. The molecule has 2 aliphatic rings. The average Bonchev–Trinajstić information content (AvgIpc) is 3.51. The van der Waals surface area contributed by atoms with Crippen LogP contribution in [0.1, 0.15) is 28.4 Å². The largest absolute Gasteiger partial charge is 0.454 e. The van der Waals surface area contributed by atoms with Gasteiger partial charge in [0.1, 0.15) is 0 Å². The highest BCUT2D eigenvalue weighted by molar-refractivity contribution is 6.35. The first-order valence-electron chi connectivity index (χ1n) is 11.4. The lowest BCUT2D eigenvalue weighted by Gasteiger charge is -2.36. The molecule has 3 heterocycles. The van der Waals surface area contributed by atoms with E-state index in [9.17, 15) is 9.59 Å². The number of nitrogens with one attached hydrogen (secondary N) is 2. The van der Waals surface area contributed by atoms with Gasteiger partial charge in [-0.15, -0.1) is 0 Å². The van der Waals surface area contributed by atoms with E-state index in [-0.39, 0.29) is 19.4 Å². The van der Waals surface area contributed by atoms with E-state index in [1.165, 1.54) is 11.1 Å². The number of carbonyl (C=O) groups excluding carboxylic acids is 2. The van der Waals surface area contributed by atoms with Crippen LogP contribution in [-0.4, -0.2) is 41.2 Å². The Hall–Kier alpha value is -3.78. The summed E-state index contributed by atoms with van der Waals surface area (Å²) in [5.74, 6) is 0.0224. The van der Waals surface area contributed by atoms with Crippen LogP contribution in [0.3, 0.4) is 0 Å². The van der Waals surface area contributed by atoms with Gasteiger partial charge in [-0.1, -0.05) is 30.3 Å². The average molecular weight is 461 g/mol. The summed E-state index contributed by atoms with van der Waals surface area (Å²) in [6.07, 6.45) is 2.96. The summed E-state index contributed by atoms with van der Waals surface area (Å²) in [7, 11) is 2.00. The lowest BCUT2D eigenvalue weighted by atomic mass is 9.98. The highest BCUT2D eigenvalue weighted by atomic mass is 16.7. The number of fused-ring (bicyclic) bond motifs is 2. The SMILES string of the molecule is Cn1cccc1C(CNC(=O)C(=O)NCc1ccc2c(c1)OCO2)N1CCc2ccccc2C1. The maximum atomic E-state index is 12.6. The first kappa shape index (κ1) is 22.0. The number of aromatic nitrogens is 1. The Balaban J connectivity index is 1.21. The third-order valence-corrected chi connectivity index (χ3v) is 6.48. The van der Waals surface area contributed by atoms with Gasteiger partial charge in [0, 0.05) is 45.1 Å². The van der Waals surface area contributed by atoms with E-state index < -0.39 is 11.8 Å². The second-order valence-electron chi connectivity index (χ2n) is 8.63. The first-order chi connectivity index (χ1) is 16.6. The number of hydrogen-bond acceptors (Lipinski definition) is 5. The molecule has 2 aromatic carbocycles. The molecule has 0 saturated heterocycles. The maximum absolute atomic E-state index is 12.6. The number of amides is 2. The Bertz CT molecular complexity index is 1210. The van der Waals surface area contributed by atoms with E-state index in [1.54, 1.807) is 12.1 Å². The quantitative estimate of drug-likeness (QED) is 0.552. The third kappa shape index (κ3) is 4.63. The van der Waals surface area contributed by atoms with Gasteiger partial charge in [0.05, 0.1) is 6.04 Å². The predicted octanol–water partition coefficient (Wildman–Crippen LogP) is 2.29. The Morgan fingerprint density at radius 2 is 1.76 bits per heavy atom. The molecule has 176 valence electrons. The molecule has 2 N–H and O–H groups in total. The molecule has 34 heavy (non-hydrogen) atoms. The van der Waals surface area contributed by atoms with Gasteiger partial charge in [-0.25, -0.2) is 0 Å². The molecule has 8 nitrogen and oxygen atoms in total. The fraction of sp³-hybridized carbons (Fsp3) is 0.308. The number of rotatable bonds is 6. The van der Waals surface area contributed by atoms with Crippen molar-refractivity contribution in [2.45, 2.75) is 25.6 Å². The van der Waals surface area contributed by atoms with E-state index >= 15 is 0 Å². The normalized spacial score (nSPS) is 15.4. The van der Waals surface area contributed by atoms with Crippen LogP contribution in [-0.2, 0) is 36.1 Å². The van der Waals surface area contributed by atoms with Crippen molar-refractivity contribution in [1.29, 1.82) is 0 Å². The van der Waals surface area contributed by atoms with Gasteiger partial charge in [0.2, 0.25) is 6.79 Å². The fourth-order valence-corrected chi connectivity index (χ4v) is 4.61. The molecule has 3 aromatic rings. The van der Waals surface area contributed by atoms with E-state index in [2.05, 4.69) is 50.4 Å². The molecule has 8 heteroatoms. The summed E-state index contributed by atoms with van der Waals surface area (Å²) in [5.41, 5.74) is 4.61. The van der Waals surface area contributed by atoms with Crippen molar-refractivity contribution in [3.8, 4) is 11.5 Å². The van der Waals surface area contributed by atoms with E-state index in [0.29, 0.717) is 18.0 Å². The Kier molecular flexibility index (Phi) is 6.22. The summed E-state index contributed by atoms with van der Waals surface area (Å²) < 4.78 is 12.7. The van der Waals surface area contributed by atoms with Crippen LogP contribution in [0, 0.1) is 0 Å². The van der Waals surface area contributed by atoms with Crippen LogP contribution in [0.15, 0.2) is 60.8 Å². The van der Waals surface area contributed by atoms with Gasteiger partial charge in [-0.3, -0.25) is 14.5 Å². The second-order valence-corrected chi connectivity index (χ2v) is 8.63. The number of carbonyl (C=O) groups is 2. The minimum absolute atomic E-state index is 0.0426. The van der Waals surface area contributed by atoms with Gasteiger partial charge < -0.3 is 24.7 Å². The van der Waals surface area contributed by atoms with Crippen molar-refractivity contribution >= 4 is 11.8 Å². The highest BCUT2D eigenvalue weighted by Crippen LogP contribution is 2.32. The van der Waals surface area contributed by atoms with Crippen molar-refractivity contribution in [3.05, 3.63) is 83.2 Å². The zero-order valence-corrected chi connectivity index (χ0v) is 19.1. The summed E-state index contributed by atoms with van der Waals surface area (Å²) in [6, 6.07) is 17.9.